The number of aliphatic carboxylic acids is 1. The molecule has 1 saturated carbocycles. The minimum atomic E-state index is -1.32. The number of carboxylic acid groups (broad SMARTS) is 1. The minimum absolute atomic E-state index is 0.0117. The number of halogens is 2. The predicted octanol–water partition coefficient (Wildman–Crippen LogP) is 2.36. The van der Waals surface area contributed by atoms with Crippen LogP contribution in [-0.4, -0.2) is 46.2 Å². The van der Waals surface area contributed by atoms with Crippen LogP contribution in [0.15, 0.2) is 18.2 Å². The second-order valence-electron chi connectivity index (χ2n) is 7.46. The second-order valence-corrected chi connectivity index (χ2v) is 7.46. The third kappa shape index (κ3) is 3.87. The van der Waals surface area contributed by atoms with E-state index in [1.54, 1.807) is 0 Å². The van der Waals surface area contributed by atoms with Gasteiger partial charge in [-0.3, -0.25) is 9.59 Å². The van der Waals surface area contributed by atoms with E-state index in [-0.39, 0.29) is 43.8 Å². The summed E-state index contributed by atoms with van der Waals surface area (Å²) in [5.74, 6) is -2.42. The van der Waals surface area contributed by atoms with Gasteiger partial charge in [0.25, 0.3) is 0 Å². The van der Waals surface area contributed by atoms with Crippen molar-refractivity contribution in [3.05, 3.63) is 35.4 Å². The molecule has 1 saturated heterocycles. The van der Waals surface area contributed by atoms with Crippen molar-refractivity contribution in [3.63, 3.8) is 0 Å². The highest BCUT2D eigenvalue weighted by molar-refractivity contribution is 5.80. The number of piperidine rings is 1. The van der Waals surface area contributed by atoms with Gasteiger partial charge in [0.1, 0.15) is 17.0 Å². The molecule has 7 heteroatoms. The molecule has 1 aromatic carbocycles. The highest BCUT2D eigenvalue weighted by atomic mass is 19.1. The number of rotatable bonds is 6. The Hall–Kier alpha value is -2.02. The van der Waals surface area contributed by atoms with Crippen molar-refractivity contribution in [2.24, 2.45) is 11.3 Å². The Morgan fingerprint density at radius 1 is 1.23 bits per heavy atom. The van der Waals surface area contributed by atoms with Gasteiger partial charge in [-0.05, 0) is 36.8 Å². The Bertz CT molecular complexity index is 707. The van der Waals surface area contributed by atoms with Gasteiger partial charge in [0, 0.05) is 25.6 Å². The van der Waals surface area contributed by atoms with Crippen LogP contribution < -0.4 is 0 Å². The molecular formula is C19H23F2NO4. The molecule has 0 spiro atoms. The fourth-order valence-electron chi connectivity index (χ4n) is 3.75. The zero-order valence-corrected chi connectivity index (χ0v) is 14.5. The van der Waals surface area contributed by atoms with E-state index in [1.807, 2.05) is 0 Å². The molecule has 1 aliphatic carbocycles. The van der Waals surface area contributed by atoms with Crippen molar-refractivity contribution >= 4 is 11.9 Å². The van der Waals surface area contributed by atoms with Gasteiger partial charge >= 0.3 is 5.97 Å². The monoisotopic (exact) mass is 367 g/mol. The predicted molar refractivity (Wildman–Crippen MR) is 89.3 cm³/mol. The Labute approximate surface area is 150 Å². The first kappa shape index (κ1) is 18.8. The van der Waals surface area contributed by atoms with Crippen LogP contribution in [0.4, 0.5) is 8.78 Å². The third-order valence-corrected chi connectivity index (χ3v) is 5.54. The molecule has 5 nitrogen and oxygen atoms in total. The molecule has 1 aliphatic heterocycles. The number of aliphatic hydroxyl groups is 1. The van der Waals surface area contributed by atoms with Crippen molar-refractivity contribution < 1.29 is 28.6 Å². The maximum Gasteiger partial charge on any atom is 0.314 e. The van der Waals surface area contributed by atoms with Crippen LogP contribution >= 0.6 is 0 Å². The molecule has 0 unspecified atom stereocenters. The lowest BCUT2D eigenvalue weighted by Crippen LogP contribution is -2.57. The van der Waals surface area contributed by atoms with Gasteiger partial charge in [-0.2, -0.15) is 0 Å². The van der Waals surface area contributed by atoms with Gasteiger partial charge in [-0.25, -0.2) is 8.78 Å². The van der Waals surface area contributed by atoms with E-state index in [0.29, 0.717) is 12.3 Å². The molecule has 2 N–H and O–H groups in total. The van der Waals surface area contributed by atoms with Crippen LogP contribution in [0.25, 0.3) is 0 Å². The topological polar surface area (TPSA) is 77.8 Å². The summed E-state index contributed by atoms with van der Waals surface area (Å²) in [7, 11) is 0. The van der Waals surface area contributed by atoms with Gasteiger partial charge in [-0.1, -0.05) is 18.9 Å². The van der Waals surface area contributed by atoms with Crippen molar-refractivity contribution in [1.29, 1.82) is 0 Å². The molecule has 2 atom stereocenters. The van der Waals surface area contributed by atoms with Gasteiger partial charge < -0.3 is 15.1 Å². The molecule has 0 aromatic heterocycles. The highest BCUT2D eigenvalue weighted by Crippen LogP contribution is 2.45. The lowest BCUT2D eigenvalue weighted by molar-refractivity contribution is -0.167. The van der Waals surface area contributed by atoms with E-state index >= 15 is 0 Å². The lowest BCUT2D eigenvalue weighted by Gasteiger charge is -2.43. The largest absolute Gasteiger partial charge is 0.481 e. The zero-order chi connectivity index (χ0) is 18.9. The molecule has 3 rings (SSSR count). The Kier molecular flexibility index (Phi) is 5.27. The standard InChI is InChI=1S/C19H23F2NO4/c20-14-5-3-13(15(21)9-14)4-6-17(24)22-8-7-16(23)19(11-22,18(25)26)10-12-1-2-12/h3,5,9,12,16,23H,1-2,4,6-8,10-11H2,(H,25,26)/t16-,19+/m0/s1. The normalized spacial score (nSPS) is 26.0. The summed E-state index contributed by atoms with van der Waals surface area (Å²) in [6, 6.07) is 3.24. The number of hydrogen-bond donors (Lipinski definition) is 2. The average molecular weight is 367 g/mol. The summed E-state index contributed by atoms with van der Waals surface area (Å²) in [6.45, 7) is 0.260. The first-order valence-electron chi connectivity index (χ1n) is 8.95. The number of benzene rings is 1. The molecule has 0 bridgehead atoms. The number of carbonyl (C=O) groups excluding carboxylic acids is 1. The summed E-state index contributed by atoms with van der Waals surface area (Å²) in [4.78, 5) is 25.9. The first-order chi connectivity index (χ1) is 12.3. The number of aryl methyl sites for hydroxylation is 1. The lowest BCUT2D eigenvalue weighted by atomic mass is 9.73. The number of carbonyl (C=O) groups is 2. The molecule has 1 heterocycles. The van der Waals surface area contributed by atoms with Crippen LogP contribution in [0.5, 0.6) is 0 Å². The fraction of sp³-hybridized carbons (Fsp3) is 0.579. The van der Waals surface area contributed by atoms with Gasteiger partial charge in [0.05, 0.1) is 6.10 Å². The van der Waals surface area contributed by atoms with Crippen LogP contribution in [0.1, 0.15) is 37.7 Å². The van der Waals surface area contributed by atoms with Crippen LogP contribution in [0, 0.1) is 23.0 Å². The van der Waals surface area contributed by atoms with Crippen LogP contribution in [-0.2, 0) is 16.0 Å². The molecular weight excluding hydrogens is 344 g/mol. The molecule has 1 amide bonds. The minimum Gasteiger partial charge on any atom is -0.481 e. The third-order valence-electron chi connectivity index (χ3n) is 5.54. The van der Waals surface area contributed by atoms with E-state index in [2.05, 4.69) is 0 Å². The SMILES string of the molecule is O=C(CCc1ccc(F)cc1F)N1CC[C@H](O)[C@](CC2CC2)(C(=O)O)C1. The maximum absolute atomic E-state index is 13.7. The maximum atomic E-state index is 13.7. The number of amides is 1. The van der Waals surface area contributed by atoms with Crippen molar-refractivity contribution in [1.82, 2.24) is 4.90 Å². The molecule has 26 heavy (non-hydrogen) atoms. The van der Waals surface area contributed by atoms with Crippen LogP contribution in [0.3, 0.4) is 0 Å². The summed E-state index contributed by atoms with van der Waals surface area (Å²) in [5.41, 5.74) is -1.07. The van der Waals surface area contributed by atoms with E-state index < -0.39 is 29.1 Å². The average Bonchev–Trinajstić information content (AvgIpc) is 3.39. The van der Waals surface area contributed by atoms with Crippen molar-refractivity contribution in [3.8, 4) is 0 Å². The van der Waals surface area contributed by atoms with E-state index in [4.69, 9.17) is 0 Å². The smallest absolute Gasteiger partial charge is 0.314 e. The van der Waals surface area contributed by atoms with Crippen molar-refractivity contribution in [2.75, 3.05) is 13.1 Å². The molecule has 0 radical (unpaired) electrons. The molecule has 2 aliphatic rings. The number of carboxylic acids is 1. The van der Waals surface area contributed by atoms with Gasteiger partial charge in [0.2, 0.25) is 5.91 Å². The highest BCUT2D eigenvalue weighted by Gasteiger charge is 2.52. The molecule has 1 aromatic rings. The van der Waals surface area contributed by atoms with E-state index in [9.17, 15) is 28.6 Å². The summed E-state index contributed by atoms with van der Waals surface area (Å²) < 4.78 is 26.6. The Morgan fingerprint density at radius 2 is 1.96 bits per heavy atom. The van der Waals surface area contributed by atoms with Crippen molar-refractivity contribution in [2.45, 2.75) is 44.6 Å². The van der Waals surface area contributed by atoms with E-state index in [0.717, 1.165) is 25.0 Å². The fourth-order valence-corrected chi connectivity index (χ4v) is 3.75. The van der Waals surface area contributed by atoms with E-state index in [1.165, 1.54) is 11.0 Å². The summed E-state index contributed by atoms with van der Waals surface area (Å²) in [5, 5.41) is 20.1. The second kappa shape index (κ2) is 7.31. The van der Waals surface area contributed by atoms with Crippen LogP contribution in [0.2, 0.25) is 0 Å². The zero-order valence-electron chi connectivity index (χ0n) is 14.5. The molecule has 2 fully saturated rings. The number of aliphatic hydroxyl groups excluding tert-OH is 1. The summed E-state index contributed by atoms with van der Waals surface area (Å²) in [6.07, 6.45) is 1.67. The van der Waals surface area contributed by atoms with Gasteiger partial charge in [0.15, 0.2) is 0 Å². The Balaban J connectivity index is 1.66. The quantitative estimate of drug-likeness (QED) is 0.809. The Morgan fingerprint density at radius 3 is 2.58 bits per heavy atom. The first-order valence-corrected chi connectivity index (χ1v) is 8.95. The number of nitrogens with zero attached hydrogens (tertiary/aromatic N) is 1. The number of likely N-dealkylation sites (tertiary alicyclic amines) is 1. The van der Waals surface area contributed by atoms with Gasteiger partial charge in [-0.15, -0.1) is 0 Å². The number of hydrogen-bond acceptors (Lipinski definition) is 3. The summed E-state index contributed by atoms with van der Waals surface area (Å²) >= 11 is 0. The molecule has 142 valence electrons.